The molecule has 2 aliphatic heterocycles. The van der Waals surface area contributed by atoms with Gasteiger partial charge in [0, 0.05) is 19.5 Å². The fourth-order valence-electron chi connectivity index (χ4n) is 7.97. The van der Waals surface area contributed by atoms with Gasteiger partial charge in [0.15, 0.2) is 17.6 Å². The van der Waals surface area contributed by atoms with Gasteiger partial charge in [-0.25, -0.2) is 18.2 Å². The van der Waals surface area contributed by atoms with Gasteiger partial charge >= 0.3 is 5.97 Å². The molecule has 3 heterocycles. The van der Waals surface area contributed by atoms with E-state index in [-0.39, 0.29) is 36.6 Å². The maximum Gasteiger partial charge on any atom is 0.326 e. The number of aliphatic carboxylic acids is 1. The lowest BCUT2D eigenvalue weighted by atomic mass is 9.93. The molecule has 3 atom stereocenters. The largest absolute Gasteiger partial charge is 0.489 e. The van der Waals surface area contributed by atoms with Crippen molar-refractivity contribution in [3.05, 3.63) is 164 Å². The van der Waals surface area contributed by atoms with Crippen LogP contribution in [0.1, 0.15) is 59.0 Å². The molecule has 0 saturated heterocycles. The Morgan fingerprint density at radius 1 is 0.896 bits per heavy atom. The van der Waals surface area contributed by atoms with E-state index in [1.165, 1.54) is 6.07 Å². The Morgan fingerprint density at radius 3 is 2.24 bits per heavy atom. The number of halogens is 2. The number of sulfonamides is 1. The summed E-state index contributed by atoms with van der Waals surface area (Å²) in [7, 11) is -4.41. The van der Waals surface area contributed by atoms with Crippen molar-refractivity contribution in [3.8, 4) is 34.4 Å². The van der Waals surface area contributed by atoms with Gasteiger partial charge in [0.2, 0.25) is 15.9 Å². The summed E-state index contributed by atoms with van der Waals surface area (Å²) in [6, 6.07) is 33.1. The molecule has 0 radical (unpaired) electrons. The third-order valence-electron chi connectivity index (χ3n) is 11.6. The average Bonchev–Trinajstić information content (AvgIpc) is 3.32. The predicted molar refractivity (Wildman–Crippen MR) is 255 cm³/mol. The van der Waals surface area contributed by atoms with E-state index in [0.717, 1.165) is 26.6 Å². The van der Waals surface area contributed by atoms with Crippen LogP contribution >= 0.6 is 23.2 Å². The maximum absolute atomic E-state index is 14.8. The Bertz CT molecular complexity index is 2960. The zero-order chi connectivity index (χ0) is 47.4. The highest BCUT2D eigenvalue weighted by atomic mass is 35.5. The van der Waals surface area contributed by atoms with Gasteiger partial charge < -0.3 is 30.0 Å². The minimum Gasteiger partial charge on any atom is -0.489 e. The first kappa shape index (κ1) is 46.9. The number of anilines is 1. The second kappa shape index (κ2) is 20.1. The number of nitrogens with one attached hydrogen (secondary N) is 2. The third-order valence-corrected chi connectivity index (χ3v) is 14.4. The van der Waals surface area contributed by atoms with Crippen molar-refractivity contribution in [2.24, 2.45) is 5.92 Å². The molecular weight excluding hydrogens is 914 g/mol. The number of nitriles is 1. The van der Waals surface area contributed by atoms with E-state index in [1.54, 1.807) is 61.5 Å². The first-order valence-corrected chi connectivity index (χ1v) is 23.8. The first-order valence-electron chi connectivity index (χ1n) is 21.6. The average molecular weight is 961 g/mol. The van der Waals surface area contributed by atoms with Crippen molar-refractivity contribution in [3.63, 3.8) is 0 Å². The van der Waals surface area contributed by atoms with Crippen LogP contribution in [0, 0.1) is 24.2 Å². The van der Waals surface area contributed by atoms with Crippen molar-refractivity contribution in [2.45, 2.75) is 69.8 Å². The molecular formula is C51H47Cl2N5O8S. The topological polar surface area (TPSA) is 180 Å². The first-order chi connectivity index (χ1) is 32.1. The Labute approximate surface area is 399 Å². The van der Waals surface area contributed by atoms with E-state index >= 15 is 0 Å². The lowest BCUT2D eigenvalue weighted by molar-refractivity contribution is -0.142. The van der Waals surface area contributed by atoms with Crippen molar-refractivity contribution >= 4 is 50.9 Å². The quantitative estimate of drug-likeness (QED) is 0.0893. The summed E-state index contributed by atoms with van der Waals surface area (Å²) < 4.78 is 49.4. The minimum absolute atomic E-state index is 0.0625. The molecule has 16 heteroatoms. The Kier molecular flexibility index (Phi) is 14.1. The summed E-state index contributed by atoms with van der Waals surface area (Å²) in [5.41, 5.74) is 6.11. The molecule has 3 N–H and O–H groups in total. The lowest BCUT2D eigenvalue weighted by Gasteiger charge is -2.37. The highest BCUT2D eigenvalue weighted by Gasteiger charge is 2.42. The van der Waals surface area contributed by atoms with Crippen molar-refractivity contribution < 1.29 is 37.3 Å². The van der Waals surface area contributed by atoms with Gasteiger partial charge in [-0.15, -0.1) is 0 Å². The third kappa shape index (κ3) is 10.8. The smallest absolute Gasteiger partial charge is 0.326 e. The van der Waals surface area contributed by atoms with E-state index < -0.39 is 40.1 Å². The highest BCUT2D eigenvalue weighted by molar-refractivity contribution is 7.89. The number of aryl methyl sites for hydroxylation is 1. The van der Waals surface area contributed by atoms with E-state index in [0.29, 0.717) is 74.4 Å². The van der Waals surface area contributed by atoms with Crippen molar-refractivity contribution in [2.75, 3.05) is 18.5 Å². The van der Waals surface area contributed by atoms with Gasteiger partial charge in [-0.3, -0.25) is 4.79 Å². The Hall–Kier alpha value is -6.63. The van der Waals surface area contributed by atoms with Crippen LogP contribution in [-0.4, -0.2) is 59.9 Å². The summed E-state index contributed by atoms with van der Waals surface area (Å²) in [6.07, 6.45) is -0.628. The van der Waals surface area contributed by atoms with Crippen LogP contribution in [0.25, 0.3) is 11.1 Å². The molecule has 2 aliphatic rings. The predicted octanol–water partition coefficient (Wildman–Crippen LogP) is 9.32. The molecule has 0 aliphatic carbocycles. The maximum atomic E-state index is 14.8. The zero-order valence-electron chi connectivity index (χ0n) is 36.8. The van der Waals surface area contributed by atoms with Gasteiger partial charge in [0.25, 0.3) is 0 Å². The van der Waals surface area contributed by atoms with Gasteiger partial charge in [0.05, 0.1) is 27.4 Å². The van der Waals surface area contributed by atoms with E-state index in [9.17, 15) is 23.1 Å². The molecule has 8 rings (SSSR count). The summed E-state index contributed by atoms with van der Waals surface area (Å²) in [6.45, 7) is 6.59. The van der Waals surface area contributed by atoms with Crippen LogP contribution < -0.4 is 24.8 Å². The molecule has 13 nitrogen and oxygen atoms in total. The number of amides is 1. The normalized spacial score (nSPS) is 16.1. The number of carbonyl (C=O) groups is 2. The number of benzene rings is 5. The van der Waals surface area contributed by atoms with Crippen molar-refractivity contribution in [1.82, 2.24) is 14.6 Å². The summed E-state index contributed by atoms with van der Waals surface area (Å²) in [5, 5.41) is 26.3. The fraction of sp³-hybridized carbons (Fsp3) is 0.255. The number of fused-ring (bicyclic) bond motifs is 2. The molecule has 67 heavy (non-hydrogen) atoms. The summed E-state index contributed by atoms with van der Waals surface area (Å²) in [5.74, 6) is 0.270. The lowest BCUT2D eigenvalue weighted by Crippen LogP contribution is -2.55. The second-order valence-electron chi connectivity index (χ2n) is 16.9. The van der Waals surface area contributed by atoms with E-state index in [2.05, 4.69) is 21.7 Å². The SMILES string of the molecule is Cc1nc(NCC(C)C)ccc1S(=O)(=O)N1Cc2cc3c(cc2C[C@H]1C(=O)N[C@@H](Cc1ccc(-c2ccc(C#N)cc2)cc1)C(=O)O)OCC(c1ccc(OCc2ccc(Cl)c(Cl)c2)cc1)O3. The number of pyridine rings is 1. The standard InChI is InChI=1S/C51H47Cl2N5O8S/c1-30(2)26-55-49-19-18-48(31(3)56-49)67(62,63)58-27-39-24-46-45(65-29-47(66-46)37-13-15-40(16-14-37)64-28-34-8-17-41(52)42(53)20-34)23-38(39)22-44(58)50(59)57-43(51(60)61)21-32-4-9-35(10-5-32)36-11-6-33(25-54)7-12-36/h4-20,23-24,30,43-44,47H,21-22,26-29H2,1-3H3,(H,55,56)(H,57,59)(H,60,61)/t43-,44-,47?/m0/s1. The molecule has 5 aromatic carbocycles. The number of carboxylic acid groups (broad SMARTS) is 1. The summed E-state index contributed by atoms with van der Waals surface area (Å²) in [4.78, 5) is 31.6. The van der Waals surface area contributed by atoms with Crippen LogP contribution in [-0.2, 0) is 45.6 Å². The summed E-state index contributed by atoms with van der Waals surface area (Å²) >= 11 is 12.2. The molecule has 1 unspecified atom stereocenters. The van der Waals surface area contributed by atoms with Crippen LogP contribution in [0.5, 0.6) is 17.2 Å². The molecule has 0 bridgehead atoms. The zero-order valence-corrected chi connectivity index (χ0v) is 39.2. The number of hydrogen-bond donors (Lipinski definition) is 3. The minimum atomic E-state index is -4.41. The molecule has 0 saturated carbocycles. The Morgan fingerprint density at radius 2 is 1.58 bits per heavy atom. The molecule has 0 fully saturated rings. The molecule has 1 aromatic heterocycles. The van der Waals surface area contributed by atoms with Gasteiger partial charge in [-0.1, -0.05) is 91.6 Å². The highest BCUT2D eigenvalue weighted by Crippen LogP contribution is 2.42. The van der Waals surface area contributed by atoms with Crippen LogP contribution in [0.4, 0.5) is 5.82 Å². The van der Waals surface area contributed by atoms with Crippen LogP contribution in [0.3, 0.4) is 0 Å². The fourth-order valence-corrected chi connectivity index (χ4v) is 10.0. The number of carboxylic acids is 1. The molecule has 1 amide bonds. The Balaban J connectivity index is 1.03. The van der Waals surface area contributed by atoms with Crippen LogP contribution in [0.2, 0.25) is 10.0 Å². The van der Waals surface area contributed by atoms with E-state index in [4.69, 9.17) is 42.7 Å². The number of hydrogen-bond acceptors (Lipinski definition) is 10. The monoisotopic (exact) mass is 959 g/mol. The number of ether oxygens (including phenoxy) is 3. The number of carbonyl (C=O) groups excluding carboxylic acids is 1. The molecule has 6 aromatic rings. The van der Waals surface area contributed by atoms with E-state index in [1.807, 2.05) is 68.4 Å². The number of aromatic nitrogens is 1. The van der Waals surface area contributed by atoms with Gasteiger partial charge in [-0.2, -0.15) is 9.57 Å². The van der Waals surface area contributed by atoms with Crippen molar-refractivity contribution in [1.29, 1.82) is 5.26 Å². The van der Waals surface area contributed by atoms with Gasteiger partial charge in [-0.05, 0) is 119 Å². The van der Waals surface area contributed by atoms with Crippen LogP contribution in [0.15, 0.2) is 120 Å². The second-order valence-corrected chi connectivity index (χ2v) is 19.6. The number of nitrogens with zero attached hydrogens (tertiary/aromatic N) is 3. The number of rotatable bonds is 15. The molecule has 0 spiro atoms. The van der Waals surface area contributed by atoms with Gasteiger partial charge in [0.1, 0.15) is 41.8 Å². The molecule has 344 valence electrons.